The second kappa shape index (κ2) is 7.41. The van der Waals surface area contributed by atoms with E-state index in [1.165, 1.54) is 6.08 Å². The highest BCUT2D eigenvalue weighted by molar-refractivity contribution is 5.87. The van der Waals surface area contributed by atoms with E-state index in [0.717, 1.165) is 12.8 Å². The number of hydrogen-bond acceptors (Lipinski definition) is 3. The Hall–Kier alpha value is -0.870. The van der Waals surface area contributed by atoms with Gasteiger partial charge in [-0.05, 0) is 26.3 Å². The van der Waals surface area contributed by atoms with Gasteiger partial charge in [0, 0.05) is 13.2 Å². The first-order chi connectivity index (χ1) is 7.46. The molecule has 0 fully saturated rings. The minimum Gasteiger partial charge on any atom is -0.364 e. The number of carbonyl (C=O) groups excluding carboxylic acids is 1. The average molecular weight is 229 g/mol. The Morgan fingerprint density at radius 1 is 1.56 bits per heavy atom. The molecule has 0 radical (unpaired) electrons. The molecule has 0 aliphatic heterocycles. The largest absolute Gasteiger partial charge is 0.364 e. The van der Waals surface area contributed by atoms with Gasteiger partial charge in [-0.25, -0.2) is 0 Å². The fourth-order valence-corrected chi connectivity index (χ4v) is 1.46. The van der Waals surface area contributed by atoms with Crippen molar-refractivity contribution in [2.75, 3.05) is 19.7 Å². The van der Waals surface area contributed by atoms with Gasteiger partial charge in [-0.2, -0.15) is 0 Å². The van der Waals surface area contributed by atoms with E-state index in [-0.39, 0.29) is 12.5 Å². The van der Waals surface area contributed by atoms with Crippen LogP contribution < -0.4 is 0 Å². The molecule has 4 nitrogen and oxygen atoms in total. The normalized spacial score (nSPS) is 14.2. The molecule has 0 spiro atoms. The minimum atomic E-state index is -1.29. The monoisotopic (exact) mass is 229 g/mol. The molecule has 0 rings (SSSR count). The number of rotatable bonds is 8. The lowest BCUT2D eigenvalue weighted by Crippen LogP contribution is -2.45. The summed E-state index contributed by atoms with van der Waals surface area (Å²) in [6.07, 6.45) is 3.16. The van der Waals surface area contributed by atoms with Crippen molar-refractivity contribution >= 4 is 5.91 Å². The first-order valence-electron chi connectivity index (χ1n) is 5.74. The van der Waals surface area contributed by atoms with Gasteiger partial charge < -0.3 is 14.7 Å². The average Bonchev–Trinajstić information content (AvgIpc) is 2.22. The van der Waals surface area contributed by atoms with E-state index in [2.05, 4.69) is 13.5 Å². The van der Waals surface area contributed by atoms with E-state index in [1.807, 2.05) is 0 Å². The molecule has 1 atom stereocenters. The van der Waals surface area contributed by atoms with Crippen LogP contribution in [0.25, 0.3) is 0 Å². The van der Waals surface area contributed by atoms with Gasteiger partial charge in [-0.15, -0.1) is 0 Å². The van der Waals surface area contributed by atoms with Gasteiger partial charge in [-0.3, -0.25) is 4.79 Å². The van der Waals surface area contributed by atoms with Crippen molar-refractivity contribution in [3.63, 3.8) is 0 Å². The van der Waals surface area contributed by atoms with E-state index >= 15 is 0 Å². The summed E-state index contributed by atoms with van der Waals surface area (Å²) in [5.41, 5.74) is 0. The molecule has 0 aliphatic carbocycles. The van der Waals surface area contributed by atoms with Gasteiger partial charge in [-0.1, -0.05) is 19.9 Å². The van der Waals surface area contributed by atoms with Crippen molar-refractivity contribution in [2.45, 2.75) is 39.4 Å². The molecular formula is C12H23NO3. The maximum absolute atomic E-state index is 11.5. The molecule has 0 heterocycles. The van der Waals surface area contributed by atoms with Crippen LogP contribution in [0.2, 0.25) is 0 Å². The number of nitrogens with zero attached hydrogens (tertiary/aromatic N) is 1. The molecular weight excluding hydrogens is 206 g/mol. The molecule has 94 valence electrons. The van der Waals surface area contributed by atoms with E-state index in [4.69, 9.17) is 4.74 Å². The van der Waals surface area contributed by atoms with Gasteiger partial charge in [0.25, 0.3) is 0 Å². The molecule has 1 unspecified atom stereocenters. The third-order valence-corrected chi connectivity index (χ3v) is 2.21. The summed E-state index contributed by atoms with van der Waals surface area (Å²) in [5.74, 6) is -1.46. The standard InChI is InChI=1S/C12H23NO3/c1-5-8-9-13(11(14)6-2)10-12(4,15)16-7-3/h6,15H,2,5,7-10H2,1,3-4H3. The molecule has 16 heavy (non-hydrogen) atoms. The Labute approximate surface area is 97.9 Å². The second-order valence-corrected chi connectivity index (χ2v) is 3.93. The van der Waals surface area contributed by atoms with Crippen molar-refractivity contribution < 1.29 is 14.6 Å². The molecule has 4 heteroatoms. The highest BCUT2D eigenvalue weighted by Crippen LogP contribution is 2.10. The van der Waals surface area contributed by atoms with Crippen LogP contribution in [0.4, 0.5) is 0 Å². The summed E-state index contributed by atoms with van der Waals surface area (Å²) in [5, 5.41) is 9.88. The summed E-state index contributed by atoms with van der Waals surface area (Å²) in [6, 6.07) is 0. The van der Waals surface area contributed by atoms with E-state index in [1.54, 1.807) is 18.7 Å². The zero-order valence-corrected chi connectivity index (χ0v) is 10.5. The highest BCUT2D eigenvalue weighted by atomic mass is 16.6. The summed E-state index contributed by atoms with van der Waals surface area (Å²) < 4.78 is 5.16. The summed E-state index contributed by atoms with van der Waals surface area (Å²) in [7, 11) is 0. The van der Waals surface area contributed by atoms with Gasteiger partial charge in [0.15, 0.2) is 5.79 Å². The molecule has 0 bridgehead atoms. The Morgan fingerprint density at radius 2 is 2.19 bits per heavy atom. The molecule has 0 aromatic carbocycles. The van der Waals surface area contributed by atoms with Crippen LogP contribution in [-0.4, -0.2) is 41.4 Å². The van der Waals surface area contributed by atoms with Crippen molar-refractivity contribution in [3.05, 3.63) is 12.7 Å². The van der Waals surface area contributed by atoms with Crippen LogP contribution in [0.5, 0.6) is 0 Å². The third-order valence-electron chi connectivity index (χ3n) is 2.21. The van der Waals surface area contributed by atoms with Crippen molar-refractivity contribution in [2.24, 2.45) is 0 Å². The Balaban J connectivity index is 4.40. The predicted molar refractivity (Wildman–Crippen MR) is 63.9 cm³/mol. The van der Waals surface area contributed by atoms with Gasteiger partial charge in [0.1, 0.15) is 0 Å². The summed E-state index contributed by atoms with van der Waals surface area (Å²) >= 11 is 0. The Bertz CT molecular complexity index is 226. The van der Waals surface area contributed by atoms with E-state index in [0.29, 0.717) is 13.2 Å². The van der Waals surface area contributed by atoms with E-state index < -0.39 is 5.79 Å². The number of hydrogen-bond donors (Lipinski definition) is 1. The van der Waals surface area contributed by atoms with Crippen LogP contribution in [-0.2, 0) is 9.53 Å². The lowest BCUT2D eigenvalue weighted by atomic mass is 10.2. The van der Waals surface area contributed by atoms with Crippen molar-refractivity contribution in [1.29, 1.82) is 0 Å². The topological polar surface area (TPSA) is 49.8 Å². The first-order valence-corrected chi connectivity index (χ1v) is 5.74. The second-order valence-electron chi connectivity index (χ2n) is 3.93. The first kappa shape index (κ1) is 15.1. The van der Waals surface area contributed by atoms with Crippen molar-refractivity contribution in [3.8, 4) is 0 Å². The fourth-order valence-electron chi connectivity index (χ4n) is 1.46. The molecule has 0 aromatic rings. The zero-order chi connectivity index (χ0) is 12.6. The molecule has 0 saturated carbocycles. The molecule has 0 aliphatic rings. The molecule has 0 saturated heterocycles. The van der Waals surface area contributed by atoms with Gasteiger partial charge >= 0.3 is 0 Å². The summed E-state index contributed by atoms with van der Waals surface area (Å²) in [4.78, 5) is 13.1. The summed E-state index contributed by atoms with van der Waals surface area (Å²) in [6.45, 7) is 10.1. The van der Waals surface area contributed by atoms with Crippen LogP contribution in [0.3, 0.4) is 0 Å². The lowest BCUT2D eigenvalue weighted by Gasteiger charge is -2.30. The van der Waals surface area contributed by atoms with Crippen molar-refractivity contribution in [1.82, 2.24) is 4.90 Å². The zero-order valence-electron chi connectivity index (χ0n) is 10.5. The van der Waals surface area contributed by atoms with Gasteiger partial charge in [0.2, 0.25) is 5.91 Å². The molecule has 0 aromatic heterocycles. The number of ether oxygens (including phenoxy) is 1. The van der Waals surface area contributed by atoms with E-state index in [9.17, 15) is 9.90 Å². The van der Waals surface area contributed by atoms with Crippen LogP contribution >= 0.6 is 0 Å². The highest BCUT2D eigenvalue weighted by Gasteiger charge is 2.25. The molecule has 1 amide bonds. The quantitative estimate of drug-likeness (QED) is 0.507. The van der Waals surface area contributed by atoms with Crippen LogP contribution in [0.1, 0.15) is 33.6 Å². The third kappa shape index (κ3) is 5.88. The number of aliphatic hydroxyl groups is 1. The Morgan fingerprint density at radius 3 is 2.62 bits per heavy atom. The SMILES string of the molecule is C=CC(=O)N(CCCC)CC(C)(O)OCC. The molecule has 1 N–H and O–H groups in total. The number of carbonyl (C=O) groups is 1. The van der Waals surface area contributed by atoms with Gasteiger partial charge in [0.05, 0.1) is 6.54 Å². The number of unbranched alkanes of at least 4 members (excludes halogenated alkanes) is 1. The van der Waals surface area contributed by atoms with Crippen LogP contribution in [0.15, 0.2) is 12.7 Å². The minimum absolute atomic E-state index is 0.172. The maximum atomic E-state index is 11.5. The fraction of sp³-hybridized carbons (Fsp3) is 0.750. The maximum Gasteiger partial charge on any atom is 0.246 e. The Kier molecular flexibility index (Phi) is 7.01. The van der Waals surface area contributed by atoms with Crippen LogP contribution in [0, 0.1) is 0 Å². The lowest BCUT2D eigenvalue weighted by molar-refractivity contribution is -0.198. The smallest absolute Gasteiger partial charge is 0.246 e. The predicted octanol–water partition coefficient (Wildman–Crippen LogP) is 1.55. The number of amides is 1.